The third-order valence-corrected chi connectivity index (χ3v) is 6.92. The lowest BCUT2D eigenvalue weighted by Gasteiger charge is -2.32. The molecular weight excluding hydrogens is 298 g/mol. The van der Waals surface area contributed by atoms with Crippen LogP contribution in [0.25, 0.3) is 0 Å². The minimum absolute atomic E-state index is 0.255. The lowest BCUT2D eigenvalue weighted by Crippen LogP contribution is -2.46. The van der Waals surface area contributed by atoms with Crippen molar-refractivity contribution >= 4 is 22.0 Å². The molecule has 120 valence electrons. The Kier molecular flexibility index (Phi) is 4.88. The molecular formula is C13H21NO6S. The first-order valence-electron chi connectivity index (χ1n) is 7.17. The number of sulfonamides is 1. The van der Waals surface area contributed by atoms with E-state index in [2.05, 4.69) is 4.74 Å². The number of carboxylic acid groups (broad SMARTS) is 1. The largest absolute Gasteiger partial charge is 0.481 e. The van der Waals surface area contributed by atoms with Crippen LogP contribution in [-0.2, 0) is 24.3 Å². The monoisotopic (exact) mass is 319 g/mol. The van der Waals surface area contributed by atoms with E-state index in [4.69, 9.17) is 5.11 Å². The van der Waals surface area contributed by atoms with Crippen LogP contribution < -0.4 is 0 Å². The molecule has 2 fully saturated rings. The highest BCUT2D eigenvalue weighted by atomic mass is 32.2. The summed E-state index contributed by atoms with van der Waals surface area (Å²) in [6.07, 6.45) is 2.29. The van der Waals surface area contributed by atoms with Crippen molar-refractivity contribution in [3.8, 4) is 0 Å². The maximum atomic E-state index is 12.6. The van der Waals surface area contributed by atoms with E-state index in [1.165, 1.54) is 11.4 Å². The van der Waals surface area contributed by atoms with E-state index < -0.39 is 27.2 Å². The van der Waals surface area contributed by atoms with Crippen LogP contribution in [0.15, 0.2) is 0 Å². The van der Waals surface area contributed by atoms with Crippen molar-refractivity contribution in [3.05, 3.63) is 0 Å². The first kappa shape index (κ1) is 16.2. The van der Waals surface area contributed by atoms with E-state index in [1.807, 2.05) is 0 Å². The lowest BCUT2D eigenvalue weighted by molar-refractivity contribution is -0.146. The Bertz CT molecular complexity index is 509. The number of rotatable bonds is 4. The number of esters is 1. The van der Waals surface area contributed by atoms with Gasteiger partial charge in [0.2, 0.25) is 10.0 Å². The van der Waals surface area contributed by atoms with E-state index in [1.54, 1.807) is 0 Å². The Balaban J connectivity index is 2.05. The molecule has 0 aromatic heterocycles. The van der Waals surface area contributed by atoms with Crippen molar-refractivity contribution in [3.63, 3.8) is 0 Å². The molecule has 1 aliphatic heterocycles. The summed E-state index contributed by atoms with van der Waals surface area (Å²) < 4.78 is 31.2. The summed E-state index contributed by atoms with van der Waals surface area (Å²) in [4.78, 5) is 22.6. The number of carbonyl (C=O) groups is 2. The molecule has 2 unspecified atom stereocenters. The second-order valence-electron chi connectivity index (χ2n) is 5.66. The number of aliphatic carboxylic acids is 1. The van der Waals surface area contributed by atoms with Gasteiger partial charge in [-0.15, -0.1) is 0 Å². The number of nitrogens with zero attached hydrogens (tertiary/aromatic N) is 1. The fraction of sp³-hybridized carbons (Fsp3) is 0.846. The third kappa shape index (κ3) is 3.21. The van der Waals surface area contributed by atoms with Crippen LogP contribution in [0.4, 0.5) is 0 Å². The van der Waals surface area contributed by atoms with Gasteiger partial charge in [-0.25, -0.2) is 12.7 Å². The molecule has 1 saturated heterocycles. The van der Waals surface area contributed by atoms with Crippen LogP contribution in [0.2, 0.25) is 0 Å². The molecule has 1 saturated carbocycles. The first-order valence-corrected chi connectivity index (χ1v) is 8.68. The Morgan fingerprint density at radius 2 is 1.76 bits per heavy atom. The molecule has 21 heavy (non-hydrogen) atoms. The SMILES string of the molecule is COC(=O)C1CCN(S(=O)(=O)C2CCCC2C(=O)O)CC1. The van der Waals surface area contributed by atoms with Gasteiger partial charge in [0.25, 0.3) is 0 Å². The van der Waals surface area contributed by atoms with Gasteiger partial charge in [-0.2, -0.15) is 0 Å². The Labute approximate surface area is 124 Å². The minimum Gasteiger partial charge on any atom is -0.481 e. The maximum Gasteiger partial charge on any atom is 0.308 e. The molecule has 0 aromatic carbocycles. The van der Waals surface area contributed by atoms with Crippen molar-refractivity contribution in [1.82, 2.24) is 4.31 Å². The Morgan fingerprint density at radius 3 is 2.29 bits per heavy atom. The summed E-state index contributed by atoms with van der Waals surface area (Å²) in [5.74, 6) is -2.42. The van der Waals surface area contributed by atoms with Crippen LogP contribution in [0.5, 0.6) is 0 Å². The van der Waals surface area contributed by atoms with Crippen molar-refractivity contribution in [2.24, 2.45) is 11.8 Å². The summed E-state index contributed by atoms with van der Waals surface area (Å²) >= 11 is 0. The molecule has 7 nitrogen and oxygen atoms in total. The van der Waals surface area contributed by atoms with E-state index >= 15 is 0 Å². The molecule has 0 bridgehead atoms. The van der Waals surface area contributed by atoms with Crippen LogP contribution >= 0.6 is 0 Å². The highest BCUT2D eigenvalue weighted by Gasteiger charge is 2.45. The summed E-state index contributed by atoms with van der Waals surface area (Å²) in [7, 11) is -2.29. The van der Waals surface area contributed by atoms with E-state index in [9.17, 15) is 18.0 Å². The third-order valence-electron chi connectivity index (χ3n) is 4.50. The van der Waals surface area contributed by atoms with Crippen LogP contribution in [0.3, 0.4) is 0 Å². The molecule has 1 N–H and O–H groups in total. The van der Waals surface area contributed by atoms with Gasteiger partial charge < -0.3 is 9.84 Å². The van der Waals surface area contributed by atoms with Crippen LogP contribution in [0.1, 0.15) is 32.1 Å². The predicted molar refractivity (Wildman–Crippen MR) is 74.0 cm³/mol. The van der Waals surface area contributed by atoms with Gasteiger partial charge in [-0.3, -0.25) is 9.59 Å². The summed E-state index contributed by atoms with van der Waals surface area (Å²) in [5.41, 5.74) is 0. The summed E-state index contributed by atoms with van der Waals surface area (Å²) in [6.45, 7) is 0.510. The molecule has 0 radical (unpaired) electrons. The standard InChI is InChI=1S/C13H21NO6S/c1-20-13(17)9-5-7-14(8-6-9)21(18,19)11-4-2-3-10(11)12(15)16/h9-11H,2-8H2,1H3,(H,15,16). The van der Waals surface area contributed by atoms with Crippen molar-refractivity contribution in [2.75, 3.05) is 20.2 Å². The second-order valence-corrected chi connectivity index (χ2v) is 7.81. The smallest absolute Gasteiger partial charge is 0.308 e. The lowest BCUT2D eigenvalue weighted by atomic mass is 9.99. The fourth-order valence-corrected chi connectivity index (χ4v) is 5.50. The molecule has 2 atom stereocenters. The molecule has 1 aliphatic carbocycles. The van der Waals surface area contributed by atoms with E-state index in [0.29, 0.717) is 32.1 Å². The zero-order valence-corrected chi connectivity index (χ0v) is 12.8. The number of piperidine rings is 1. The molecule has 8 heteroatoms. The van der Waals surface area contributed by atoms with Crippen LogP contribution in [-0.4, -0.2) is 55.2 Å². The van der Waals surface area contributed by atoms with Gasteiger partial charge >= 0.3 is 11.9 Å². The Hall–Kier alpha value is -1.15. The number of carboxylic acids is 1. The highest BCUT2D eigenvalue weighted by molar-refractivity contribution is 7.89. The minimum atomic E-state index is -3.61. The summed E-state index contributed by atoms with van der Waals surface area (Å²) in [6, 6.07) is 0. The zero-order valence-electron chi connectivity index (χ0n) is 12.0. The van der Waals surface area contributed by atoms with E-state index in [-0.39, 0.29) is 25.0 Å². The van der Waals surface area contributed by atoms with Gasteiger partial charge in [-0.1, -0.05) is 6.42 Å². The van der Waals surface area contributed by atoms with Gasteiger partial charge in [0.15, 0.2) is 0 Å². The number of ether oxygens (including phenoxy) is 1. The van der Waals surface area contributed by atoms with Crippen LogP contribution in [0, 0.1) is 11.8 Å². The fourth-order valence-electron chi connectivity index (χ4n) is 3.27. The first-order chi connectivity index (χ1) is 9.87. The Morgan fingerprint density at radius 1 is 1.14 bits per heavy atom. The number of hydrogen-bond donors (Lipinski definition) is 1. The number of carbonyl (C=O) groups excluding carboxylic acids is 1. The molecule has 2 aliphatic rings. The highest BCUT2D eigenvalue weighted by Crippen LogP contribution is 2.34. The quantitative estimate of drug-likeness (QED) is 0.755. The number of hydrogen-bond acceptors (Lipinski definition) is 5. The average Bonchev–Trinajstić information content (AvgIpc) is 2.97. The maximum absolute atomic E-state index is 12.6. The topological polar surface area (TPSA) is 101 Å². The predicted octanol–water partition coefficient (Wildman–Crippen LogP) is 0.454. The number of methoxy groups -OCH3 is 1. The molecule has 2 rings (SSSR count). The van der Waals surface area contributed by atoms with Gasteiger partial charge in [0.1, 0.15) is 0 Å². The van der Waals surface area contributed by atoms with Gasteiger partial charge in [-0.05, 0) is 25.7 Å². The molecule has 0 amide bonds. The van der Waals surface area contributed by atoms with Crippen molar-refractivity contribution in [2.45, 2.75) is 37.4 Å². The van der Waals surface area contributed by atoms with Crippen molar-refractivity contribution < 1.29 is 27.9 Å². The van der Waals surface area contributed by atoms with Gasteiger partial charge in [0, 0.05) is 13.1 Å². The normalized spacial score (nSPS) is 28.4. The van der Waals surface area contributed by atoms with E-state index in [0.717, 1.165) is 0 Å². The molecule has 0 spiro atoms. The molecule has 1 heterocycles. The zero-order chi connectivity index (χ0) is 15.6. The average molecular weight is 319 g/mol. The summed E-state index contributed by atoms with van der Waals surface area (Å²) in [5, 5.41) is 8.32. The van der Waals surface area contributed by atoms with Gasteiger partial charge in [0.05, 0.1) is 24.2 Å². The molecule has 0 aromatic rings. The van der Waals surface area contributed by atoms with Crippen molar-refractivity contribution in [1.29, 1.82) is 0 Å². The second kappa shape index (κ2) is 6.31.